The molecule has 0 heterocycles. The second-order valence-electron chi connectivity index (χ2n) is 5.40. The van der Waals surface area contributed by atoms with Crippen LogP contribution in [0, 0.1) is 0 Å². The van der Waals surface area contributed by atoms with Gasteiger partial charge in [-0.1, -0.05) is 57.7 Å². The number of rotatable bonds is 9. The summed E-state index contributed by atoms with van der Waals surface area (Å²) < 4.78 is 11.7. The molecular weight excluding hydrogens is 292 g/mol. The van der Waals surface area contributed by atoms with Gasteiger partial charge in [0.15, 0.2) is 8.32 Å². The monoisotopic (exact) mass is 320 g/mol. The zero-order valence-corrected chi connectivity index (χ0v) is 15.2. The maximum absolute atomic E-state index is 12.1. The van der Waals surface area contributed by atoms with E-state index in [1.54, 1.807) is 6.92 Å². The molecule has 1 aromatic carbocycles. The number of carbonyl (C=O) groups is 1. The molecule has 0 N–H and O–H groups in total. The molecule has 22 heavy (non-hydrogen) atoms. The zero-order valence-electron chi connectivity index (χ0n) is 14.2. The van der Waals surface area contributed by atoms with Crippen LogP contribution in [0.2, 0.25) is 18.1 Å². The minimum absolute atomic E-state index is 0.345. The summed E-state index contributed by atoms with van der Waals surface area (Å²) in [5, 5.41) is 0. The summed E-state index contributed by atoms with van der Waals surface area (Å²) in [6, 6.07) is 12.9. The van der Waals surface area contributed by atoms with Gasteiger partial charge in [0.1, 0.15) is 6.10 Å². The summed E-state index contributed by atoms with van der Waals surface area (Å²) in [6.07, 6.45) is -0.410. The highest BCUT2D eigenvalue weighted by atomic mass is 28.4. The minimum atomic E-state index is -1.86. The molecule has 122 valence electrons. The predicted octanol–water partition coefficient (Wildman–Crippen LogP) is 4.87. The highest BCUT2D eigenvalue weighted by Gasteiger charge is 2.35. The van der Waals surface area contributed by atoms with Crippen molar-refractivity contribution in [1.29, 1.82) is 0 Å². The van der Waals surface area contributed by atoms with E-state index < -0.39 is 14.4 Å². The summed E-state index contributed by atoms with van der Waals surface area (Å²) in [4.78, 5) is 12.1. The molecule has 1 atom stereocenters. The highest BCUT2D eigenvalue weighted by Crippen LogP contribution is 2.34. The van der Waals surface area contributed by atoms with Crippen molar-refractivity contribution in [2.45, 2.75) is 51.9 Å². The Labute approximate surface area is 135 Å². The van der Waals surface area contributed by atoms with Gasteiger partial charge in [0, 0.05) is 0 Å². The molecule has 1 aromatic rings. The van der Waals surface area contributed by atoms with Gasteiger partial charge in [-0.2, -0.15) is 0 Å². The van der Waals surface area contributed by atoms with Crippen LogP contribution < -0.4 is 0 Å². The number of hydrogen-bond donors (Lipinski definition) is 0. The van der Waals surface area contributed by atoms with Crippen LogP contribution in [0.15, 0.2) is 42.5 Å². The Morgan fingerprint density at radius 1 is 1.09 bits per heavy atom. The fourth-order valence-electron chi connectivity index (χ4n) is 2.55. The van der Waals surface area contributed by atoms with Crippen LogP contribution in [-0.4, -0.2) is 20.9 Å². The summed E-state index contributed by atoms with van der Waals surface area (Å²) in [6.45, 7) is 12.6. The van der Waals surface area contributed by atoms with Crippen molar-refractivity contribution >= 4 is 14.3 Å². The number of carbonyl (C=O) groups excluding carboxylic acids is 1. The Hall–Kier alpha value is -1.39. The third-order valence-corrected chi connectivity index (χ3v) is 8.86. The van der Waals surface area contributed by atoms with Crippen LogP contribution >= 0.6 is 0 Å². The molecule has 0 amide bonds. The molecule has 0 radical (unpaired) electrons. The van der Waals surface area contributed by atoms with Gasteiger partial charge in [-0.15, -0.1) is 0 Å². The van der Waals surface area contributed by atoms with E-state index >= 15 is 0 Å². The molecular formula is C18H28O3Si. The molecule has 0 aliphatic rings. The first-order chi connectivity index (χ1) is 10.5. The van der Waals surface area contributed by atoms with Crippen molar-refractivity contribution < 1.29 is 14.0 Å². The van der Waals surface area contributed by atoms with Gasteiger partial charge >= 0.3 is 5.97 Å². The molecule has 4 heteroatoms. The van der Waals surface area contributed by atoms with Crippen LogP contribution in [0.3, 0.4) is 0 Å². The first kappa shape index (κ1) is 18.7. The number of esters is 1. The minimum Gasteiger partial charge on any atom is -0.463 e. The number of benzene rings is 1. The lowest BCUT2D eigenvalue weighted by molar-refractivity contribution is -0.139. The molecule has 0 bridgehead atoms. The van der Waals surface area contributed by atoms with E-state index in [0.717, 1.165) is 23.7 Å². The molecule has 1 rings (SSSR count). The van der Waals surface area contributed by atoms with Crippen LogP contribution in [0.5, 0.6) is 0 Å². The molecule has 0 fully saturated rings. The van der Waals surface area contributed by atoms with Crippen LogP contribution in [0.25, 0.3) is 0 Å². The molecule has 0 aliphatic heterocycles. The largest absolute Gasteiger partial charge is 0.463 e. The molecule has 0 spiro atoms. The van der Waals surface area contributed by atoms with E-state index in [1.807, 2.05) is 30.3 Å². The van der Waals surface area contributed by atoms with E-state index in [4.69, 9.17) is 9.16 Å². The Morgan fingerprint density at radius 2 is 1.64 bits per heavy atom. The quantitative estimate of drug-likeness (QED) is 0.370. The highest BCUT2D eigenvalue weighted by molar-refractivity contribution is 6.73. The van der Waals surface area contributed by atoms with Crippen molar-refractivity contribution in [3.63, 3.8) is 0 Å². The van der Waals surface area contributed by atoms with Gasteiger partial charge in [-0.25, -0.2) is 4.79 Å². The normalized spacial score (nSPS) is 12.7. The first-order valence-electron chi connectivity index (χ1n) is 8.12. The zero-order chi connectivity index (χ0) is 16.6. The van der Waals surface area contributed by atoms with Crippen molar-refractivity contribution in [3.8, 4) is 0 Å². The van der Waals surface area contributed by atoms with Crippen LogP contribution in [0.4, 0.5) is 0 Å². The molecule has 0 aliphatic carbocycles. The second-order valence-corrected chi connectivity index (χ2v) is 10.1. The lowest BCUT2D eigenvalue weighted by Gasteiger charge is -2.34. The fourth-order valence-corrected chi connectivity index (χ4v) is 5.33. The number of ether oxygens (including phenoxy) is 1. The SMILES string of the molecule is C=C(C(=O)OCC)C(O[Si](CC)(CC)CC)c1ccccc1. The number of hydrogen-bond acceptors (Lipinski definition) is 3. The van der Waals surface area contributed by atoms with E-state index in [0.29, 0.717) is 12.2 Å². The summed E-state index contributed by atoms with van der Waals surface area (Å²) in [5.41, 5.74) is 1.35. The van der Waals surface area contributed by atoms with Crippen molar-refractivity contribution in [1.82, 2.24) is 0 Å². The van der Waals surface area contributed by atoms with Crippen molar-refractivity contribution in [2.24, 2.45) is 0 Å². The second kappa shape index (κ2) is 8.91. The van der Waals surface area contributed by atoms with Crippen LogP contribution in [0.1, 0.15) is 39.4 Å². The van der Waals surface area contributed by atoms with Gasteiger partial charge in [0.05, 0.1) is 12.2 Å². The smallest absolute Gasteiger partial charge is 0.336 e. The Kier molecular flexibility index (Phi) is 7.55. The van der Waals surface area contributed by atoms with Gasteiger partial charge in [0.2, 0.25) is 0 Å². The lowest BCUT2D eigenvalue weighted by atomic mass is 10.0. The molecule has 0 aromatic heterocycles. The lowest BCUT2D eigenvalue weighted by Crippen LogP contribution is -2.38. The van der Waals surface area contributed by atoms with E-state index in [9.17, 15) is 4.79 Å². The molecule has 0 saturated carbocycles. The van der Waals surface area contributed by atoms with E-state index in [1.165, 1.54) is 0 Å². The maximum atomic E-state index is 12.1. The van der Waals surface area contributed by atoms with Gasteiger partial charge in [-0.05, 0) is 30.6 Å². The van der Waals surface area contributed by atoms with Gasteiger partial charge < -0.3 is 9.16 Å². The third kappa shape index (κ3) is 4.55. The average Bonchev–Trinajstić information content (AvgIpc) is 2.57. The Morgan fingerprint density at radius 3 is 2.09 bits per heavy atom. The summed E-state index contributed by atoms with van der Waals surface area (Å²) in [5.74, 6) is -0.373. The average molecular weight is 321 g/mol. The van der Waals surface area contributed by atoms with E-state index in [2.05, 4.69) is 27.4 Å². The Bertz CT molecular complexity index is 472. The van der Waals surface area contributed by atoms with E-state index in [-0.39, 0.29) is 5.97 Å². The standard InChI is InChI=1S/C18H28O3Si/c1-6-20-18(19)15(5)17(16-13-11-10-12-14-16)21-22(7-2,8-3)9-4/h10-14,17H,5-9H2,1-4H3. The topological polar surface area (TPSA) is 35.5 Å². The third-order valence-electron chi connectivity index (χ3n) is 4.26. The van der Waals surface area contributed by atoms with Crippen molar-refractivity contribution in [2.75, 3.05) is 6.61 Å². The fraction of sp³-hybridized carbons (Fsp3) is 0.500. The van der Waals surface area contributed by atoms with Crippen molar-refractivity contribution in [3.05, 3.63) is 48.0 Å². The molecule has 1 unspecified atom stereocenters. The van der Waals surface area contributed by atoms with Gasteiger partial charge in [-0.3, -0.25) is 0 Å². The first-order valence-corrected chi connectivity index (χ1v) is 10.6. The van der Waals surface area contributed by atoms with Crippen LogP contribution in [-0.2, 0) is 14.0 Å². The Balaban J connectivity index is 3.12. The molecule has 3 nitrogen and oxygen atoms in total. The predicted molar refractivity (Wildman–Crippen MR) is 93.2 cm³/mol. The summed E-state index contributed by atoms with van der Waals surface area (Å²) >= 11 is 0. The molecule has 0 saturated heterocycles. The maximum Gasteiger partial charge on any atom is 0.336 e. The van der Waals surface area contributed by atoms with Gasteiger partial charge in [0.25, 0.3) is 0 Å². The summed E-state index contributed by atoms with van der Waals surface area (Å²) in [7, 11) is -1.86.